The molecule has 0 aromatic rings. The highest BCUT2D eigenvalue weighted by Gasteiger charge is 2.18. The summed E-state index contributed by atoms with van der Waals surface area (Å²) in [6.07, 6.45) is 1.18. The Morgan fingerprint density at radius 3 is 2.78 bits per heavy atom. The Morgan fingerprint density at radius 1 is 1.89 bits per heavy atom. The highest BCUT2D eigenvalue weighted by atomic mass is 32.2. The van der Waals surface area contributed by atoms with E-state index in [2.05, 4.69) is 19.3 Å². The third-order valence-electron chi connectivity index (χ3n) is 1.55. The summed E-state index contributed by atoms with van der Waals surface area (Å²) in [6, 6.07) is 0.337. The predicted octanol–water partition coefficient (Wildman–Crippen LogP) is 1.74. The van der Waals surface area contributed by atoms with Gasteiger partial charge in [-0.25, -0.2) is 0 Å². The highest BCUT2D eigenvalue weighted by molar-refractivity contribution is 8.03. The first-order valence-corrected chi connectivity index (χ1v) is 4.21. The topological polar surface area (TPSA) is 26.0 Å². The summed E-state index contributed by atoms with van der Waals surface area (Å²) in [5, 5.41) is 2.86. The molecule has 2 heteroatoms. The van der Waals surface area contributed by atoms with E-state index < -0.39 is 0 Å². The second-order valence-corrected chi connectivity index (χ2v) is 3.82. The molecule has 0 fully saturated rings. The zero-order valence-corrected chi connectivity index (χ0v) is 6.74. The Kier molecular flexibility index (Phi) is 2.19. The minimum atomic E-state index is 0.337. The van der Waals surface area contributed by atoms with Gasteiger partial charge in [-0.1, -0.05) is 5.57 Å². The molecule has 0 radical (unpaired) electrons. The van der Waals surface area contributed by atoms with E-state index in [1.54, 1.807) is 0 Å². The highest BCUT2D eigenvalue weighted by Crippen LogP contribution is 2.30. The van der Waals surface area contributed by atoms with Gasteiger partial charge < -0.3 is 5.73 Å². The van der Waals surface area contributed by atoms with Gasteiger partial charge in [-0.3, -0.25) is 0 Å². The van der Waals surface area contributed by atoms with Crippen LogP contribution in [-0.2, 0) is 0 Å². The molecule has 0 amide bonds. The van der Waals surface area contributed by atoms with Crippen LogP contribution in [0.3, 0.4) is 0 Å². The Hall–Kier alpha value is 0.0500. The van der Waals surface area contributed by atoms with Crippen molar-refractivity contribution in [3.8, 4) is 0 Å². The number of hydrogen-bond donors (Lipinski definition) is 1. The number of rotatable bonds is 1. The predicted molar refractivity (Wildman–Crippen MR) is 43.4 cm³/mol. The lowest BCUT2D eigenvalue weighted by molar-refractivity contribution is 0.689. The van der Waals surface area contributed by atoms with Gasteiger partial charge in [0.1, 0.15) is 0 Å². The van der Waals surface area contributed by atoms with Crippen molar-refractivity contribution in [2.75, 3.05) is 0 Å². The fraction of sp³-hybridized carbons (Fsp3) is 0.714. The molecule has 1 aliphatic rings. The molecule has 0 aromatic heterocycles. The Labute approximate surface area is 60.7 Å². The zero-order valence-electron chi connectivity index (χ0n) is 5.92. The van der Waals surface area contributed by atoms with Gasteiger partial charge in [-0.2, -0.15) is 0 Å². The van der Waals surface area contributed by atoms with E-state index in [1.807, 2.05) is 11.8 Å². The molecule has 1 rings (SSSR count). The smallest absolute Gasteiger partial charge is 0.0274 e. The molecular weight excluding hydrogens is 130 g/mol. The van der Waals surface area contributed by atoms with Gasteiger partial charge in [0.25, 0.3) is 0 Å². The summed E-state index contributed by atoms with van der Waals surface area (Å²) >= 11 is 1.87. The number of nitrogens with two attached hydrogens (primary N) is 1. The second-order valence-electron chi connectivity index (χ2n) is 2.70. The molecule has 1 aliphatic heterocycles. The monoisotopic (exact) mass is 143 g/mol. The molecule has 2 atom stereocenters. The van der Waals surface area contributed by atoms with E-state index >= 15 is 0 Å². The fourth-order valence-electron chi connectivity index (χ4n) is 0.927. The molecule has 0 bridgehead atoms. The minimum Gasteiger partial charge on any atom is -0.327 e. The van der Waals surface area contributed by atoms with Crippen LogP contribution in [0.15, 0.2) is 11.0 Å². The van der Waals surface area contributed by atoms with Gasteiger partial charge in [0.05, 0.1) is 0 Å². The first kappa shape index (κ1) is 7.16. The lowest BCUT2D eigenvalue weighted by atomic mass is 10.1. The molecule has 1 nitrogen and oxygen atoms in total. The molecule has 0 saturated heterocycles. The first-order valence-electron chi connectivity index (χ1n) is 3.27. The first-order chi connectivity index (χ1) is 4.20. The third kappa shape index (κ3) is 1.73. The van der Waals surface area contributed by atoms with E-state index in [4.69, 9.17) is 5.73 Å². The van der Waals surface area contributed by atoms with Crippen molar-refractivity contribution in [2.45, 2.75) is 31.6 Å². The fourth-order valence-corrected chi connectivity index (χ4v) is 2.04. The van der Waals surface area contributed by atoms with Crippen molar-refractivity contribution in [3.05, 3.63) is 11.0 Å². The van der Waals surface area contributed by atoms with Crippen molar-refractivity contribution in [2.24, 2.45) is 5.73 Å². The largest absolute Gasteiger partial charge is 0.327 e. The van der Waals surface area contributed by atoms with Crippen LogP contribution < -0.4 is 5.73 Å². The van der Waals surface area contributed by atoms with Crippen molar-refractivity contribution in [1.82, 2.24) is 0 Å². The van der Waals surface area contributed by atoms with Crippen LogP contribution in [-0.4, -0.2) is 11.3 Å². The summed E-state index contributed by atoms with van der Waals surface area (Å²) < 4.78 is 0. The zero-order chi connectivity index (χ0) is 6.85. The summed E-state index contributed by atoms with van der Waals surface area (Å²) in [4.78, 5) is 0. The molecule has 1 unspecified atom stereocenters. The van der Waals surface area contributed by atoms with E-state index in [9.17, 15) is 0 Å². The van der Waals surface area contributed by atoms with Gasteiger partial charge in [-0.05, 0) is 25.7 Å². The van der Waals surface area contributed by atoms with Crippen molar-refractivity contribution in [1.29, 1.82) is 0 Å². The summed E-state index contributed by atoms with van der Waals surface area (Å²) in [5.74, 6) is 0. The Balaban J connectivity index is 2.37. The normalized spacial score (nSPS) is 30.1. The quantitative estimate of drug-likeness (QED) is 0.605. The standard InChI is InChI=1S/C7H13NS/c1-5-3-7(6(2)8)9-4-5/h4,6-7H,3,8H2,1-2H3/t6?,7-/m1/s1. The van der Waals surface area contributed by atoms with E-state index in [-0.39, 0.29) is 0 Å². The molecule has 1 heterocycles. The number of thioether (sulfide) groups is 1. The molecule has 0 aromatic carbocycles. The van der Waals surface area contributed by atoms with E-state index in [0.29, 0.717) is 11.3 Å². The molecule has 9 heavy (non-hydrogen) atoms. The third-order valence-corrected chi connectivity index (χ3v) is 3.04. The van der Waals surface area contributed by atoms with Gasteiger partial charge >= 0.3 is 0 Å². The SMILES string of the molecule is CC1=CS[C@@H](C(C)N)C1. The van der Waals surface area contributed by atoms with Gasteiger partial charge in [0, 0.05) is 11.3 Å². The maximum absolute atomic E-state index is 5.71. The van der Waals surface area contributed by atoms with Crippen LogP contribution in [0.25, 0.3) is 0 Å². The molecule has 52 valence electrons. The van der Waals surface area contributed by atoms with Crippen LogP contribution in [0.1, 0.15) is 20.3 Å². The van der Waals surface area contributed by atoms with Crippen LogP contribution in [0.5, 0.6) is 0 Å². The molecule has 0 aliphatic carbocycles. The Bertz CT molecular complexity index is 129. The van der Waals surface area contributed by atoms with Gasteiger partial charge in [0.2, 0.25) is 0 Å². The van der Waals surface area contributed by atoms with Gasteiger partial charge in [-0.15, -0.1) is 11.8 Å². The van der Waals surface area contributed by atoms with Crippen molar-refractivity contribution >= 4 is 11.8 Å². The molecule has 0 saturated carbocycles. The second kappa shape index (κ2) is 2.76. The average Bonchev–Trinajstić information content (AvgIpc) is 2.14. The number of hydrogen-bond acceptors (Lipinski definition) is 2. The van der Waals surface area contributed by atoms with Crippen molar-refractivity contribution < 1.29 is 0 Å². The number of allylic oxidation sites excluding steroid dienone is 1. The van der Waals surface area contributed by atoms with Crippen LogP contribution >= 0.6 is 11.8 Å². The maximum atomic E-state index is 5.71. The molecule has 2 N–H and O–H groups in total. The molecular formula is C7H13NS. The minimum absolute atomic E-state index is 0.337. The van der Waals surface area contributed by atoms with E-state index in [0.717, 1.165) is 0 Å². The Morgan fingerprint density at radius 2 is 2.56 bits per heavy atom. The summed E-state index contributed by atoms with van der Waals surface area (Å²) in [6.45, 7) is 4.24. The maximum Gasteiger partial charge on any atom is 0.0274 e. The van der Waals surface area contributed by atoms with Crippen LogP contribution in [0.4, 0.5) is 0 Å². The lowest BCUT2D eigenvalue weighted by Crippen LogP contribution is -2.27. The summed E-state index contributed by atoms with van der Waals surface area (Å²) in [7, 11) is 0. The van der Waals surface area contributed by atoms with Crippen LogP contribution in [0.2, 0.25) is 0 Å². The van der Waals surface area contributed by atoms with Gasteiger partial charge in [0.15, 0.2) is 0 Å². The summed E-state index contributed by atoms with van der Waals surface area (Å²) in [5.41, 5.74) is 7.18. The van der Waals surface area contributed by atoms with Crippen LogP contribution in [0, 0.1) is 0 Å². The van der Waals surface area contributed by atoms with Crippen molar-refractivity contribution in [3.63, 3.8) is 0 Å². The lowest BCUT2D eigenvalue weighted by Gasteiger charge is -2.11. The average molecular weight is 143 g/mol. The van der Waals surface area contributed by atoms with E-state index in [1.165, 1.54) is 12.0 Å². The molecule has 0 spiro atoms.